The molecule has 22 heavy (non-hydrogen) atoms. The molecule has 0 N–H and O–H groups in total. The molecular formula is C16H18N4OS. The van der Waals surface area contributed by atoms with Crippen LogP contribution in [0.25, 0.3) is 0 Å². The summed E-state index contributed by atoms with van der Waals surface area (Å²) >= 11 is 1.70. The number of carbonyl (C=O) groups excluding carboxylic acids is 1. The molecule has 1 amide bonds. The number of pyridine rings is 1. The van der Waals surface area contributed by atoms with E-state index in [-0.39, 0.29) is 11.4 Å². The van der Waals surface area contributed by atoms with Gasteiger partial charge in [0, 0.05) is 49.1 Å². The lowest BCUT2D eigenvalue weighted by Crippen LogP contribution is -2.64. The van der Waals surface area contributed by atoms with E-state index in [0.717, 1.165) is 37.6 Å². The minimum atomic E-state index is 0.100. The zero-order valence-electron chi connectivity index (χ0n) is 12.3. The van der Waals surface area contributed by atoms with Crippen LogP contribution in [0.2, 0.25) is 0 Å². The van der Waals surface area contributed by atoms with Gasteiger partial charge >= 0.3 is 0 Å². The van der Waals surface area contributed by atoms with E-state index in [0.29, 0.717) is 5.56 Å². The average molecular weight is 314 g/mol. The van der Waals surface area contributed by atoms with Gasteiger partial charge in [0.2, 0.25) is 0 Å². The predicted molar refractivity (Wildman–Crippen MR) is 86.2 cm³/mol. The Morgan fingerprint density at radius 2 is 2.00 bits per heavy atom. The van der Waals surface area contributed by atoms with Gasteiger partial charge in [-0.3, -0.25) is 9.78 Å². The van der Waals surface area contributed by atoms with Crippen molar-refractivity contribution in [2.24, 2.45) is 0 Å². The number of piperidine rings is 1. The highest BCUT2D eigenvalue weighted by Gasteiger charge is 2.48. The van der Waals surface area contributed by atoms with Gasteiger partial charge in [-0.25, -0.2) is 4.98 Å². The Labute approximate surface area is 133 Å². The number of rotatable bonds is 2. The van der Waals surface area contributed by atoms with Crippen molar-refractivity contribution in [3.8, 4) is 0 Å². The Hall–Kier alpha value is -1.95. The van der Waals surface area contributed by atoms with Crippen molar-refractivity contribution in [3.63, 3.8) is 0 Å². The van der Waals surface area contributed by atoms with Crippen LogP contribution < -0.4 is 4.90 Å². The normalized spacial score (nSPS) is 20.0. The summed E-state index contributed by atoms with van der Waals surface area (Å²) < 4.78 is 0. The van der Waals surface area contributed by atoms with Crippen molar-refractivity contribution in [2.75, 3.05) is 24.5 Å². The molecule has 0 bridgehead atoms. The first-order chi connectivity index (χ1) is 10.8. The summed E-state index contributed by atoms with van der Waals surface area (Å²) in [7, 11) is 0. The van der Waals surface area contributed by atoms with Crippen molar-refractivity contribution >= 4 is 22.4 Å². The van der Waals surface area contributed by atoms with Crippen molar-refractivity contribution < 1.29 is 4.79 Å². The van der Waals surface area contributed by atoms with Crippen LogP contribution in [0.3, 0.4) is 0 Å². The second-order valence-corrected chi connectivity index (χ2v) is 6.85. The third-order valence-electron chi connectivity index (χ3n) is 4.91. The molecule has 2 aliphatic heterocycles. The lowest BCUT2D eigenvalue weighted by atomic mass is 9.76. The van der Waals surface area contributed by atoms with Crippen LogP contribution in [0, 0.1) is 0 Å². The second kappa shape index (κ2) is 5.35. The van der Waals surface area contributed by atoms with Crippen LogP contribution in [0.5, 0.6) is 0 Å². The van der Waals surface area contributed by atoms with Crippen LogP contribution >= 0.6 is 11.3 Å². The van der Waals surface area contributed by atoms with Gasteiger partial charge in [0.1, 0.15) is 0 Å². The molecule has 2 aliphatic rings. The molecule has 4 rings (SSSR count). The fraction of sp³-hybridized carbons (Fsp3) is 0.438. The molecule has 0 radical (unpaired) electrons. The van der Waals surface area contributed by atoms with E-state index in [1.54, 1.807) is 23.7 Å². The van der Waals surface area contributed by atoms with E-state index in [1.807, 2.05) is 28.6 Å². The smallest absolute Gasteiger partial charge is 0.255 e. The molecular weight excluding hydrogens is 296 g/mol. The number of anilines is 1. The summed E-state index contributed by atoms with van der Waals surface area (Å²) in [5, 5.41) is 3.15. The number of nitrogens with zero attached hydrogens (tertiary/aromatic N) is 4. The van der Waals surface area contributed by atoms with E-state index >= 15 is 0 Å². The zero-order chi connectivity index (χ0) is 15.0. The molecule has 114 valence electrons. The Morgan fingerprint density at radius 3 is 2.59 bits per heavy atom. The Kier molecular flexibility index (Phi) is 3.33. The third kappa shape index (κ3) is 2.18. The van der Waals surface area contributed by atoms with Crippen molar-refractivity contribution in [3.05, 3.63) is 41.7 Å². The van der Waals surface area contributed by atoms with E-state index < -0.39 is 0 Å². The molecule has 0 aromatic carbocycles. The number of carbonyl (C=O) groups is 1. The van der Waals surface area contributed by atoms with Crippen molar-refractivity contribution in [2.45, 2.75) is 24.8 Å². The number of aromatic nitrogens is 2. The standard InChI is InChI=1S/C16H18N4OS/c21-14(13-2-1-6-17-12-13)19-8-3-16(4-9-19)5-10-20(16)15-18-7-11-22-15/h1-2,6-7,11-12H,3-5,8-10H2. The number of thiazole rings is 1. The SMILES string of the molecule is O=C(c1cccnc1)N1CCC2(CC1)CCN2c1nccs1. The van der Waals surface area contributed by atoms with Crippen molar-refractivity contribution in [1.29, 1.82) is 0 Å². The van der Waals surface area contributed by atoms with Gasteiger partial charge in [-0.2, -0.15) is 0 Å². The highest BCUT2D eigenvalue weighted by Crippen LogP contribution is 2.43. The second-order valence-electron chi connectivity index (χ2n) is 5.97. The number of hydrogen-bond donors (Lipinski definition) is 0. The quantitative estimate of drug-likeness (QED) is 0.854. The molecule has 0 aliphatic carbocycles. The molecule has 2 fully saturated rings. The summed E-state index contributed by atoms with van der Waals surface area (Å²) in [5.41, 5.74) is 0.910. The maximum Gasteiger partial charge on any atom is 0.255 e. The van der Waals surface area contributed by atoms with Crippen LogP contribution in [-0.4, -0.2) is 45.9 Å². The van der Waals surface area contributed by atoms with Gasteiger partial charge < -0.3 is 9.80 Å². The number of hydrogen-bond acceptors (Lipinski definition) is 5. The monoisotopic (exact) mass is 314 g/mol. The van der Waals surface area contributed by atoms with Crippen LogP contribution in [0.15, 0.2) is 36.1 Å². The van der Waals surface area contributed by atoms with Gasteiger partial charge in [-0.05, 0) is 31.4 Å². The Bertz CT molecular complexity index is 650. The van der Waals surface area contributed by atoms with Crippen LogP contribution in [-0.2, 0) is 0 Å². The molecule has 0 atom stereocenters. The summed E-state index contributed by atoms with van der Waals surface area (Å²) in [6.07, 6.45) is 8.48. The van der Waals surface area contributed by atoms with Gasteiger partial charge in [0.05, 0.1) is 5.56 Å². The largest absolute Gasteiger partial charge is 0.342 e. The van der Waals surface area contributed by atoms with Crippen LogP contribution in [0.4, 0.5) is 5.13 Å². The highest BCUT2D eigenvalue weighted by atomic mass is 32.1. The molecule has 0 saturated carbocycles. The molecule has 1 spiro atoms. The molecule has 5 nitrogen and oxygen atoms in total. The van der Waals surface area contributed by atoms with Gasteiger partial charge in [0.15, 0.2) is 5.13 Å². The van der Waals surface area contributed by atoms with Gasteiger partial charge in [-0.1, -0.05) is 0 Å². The zero-order valence-corrected chi connectivity index (χ0v) is 13.1. The molecule has 2 aromatic rings. The minimum Gasteiger partial charge on any atom is -0.342 e. The summed E-state index contributed by atoms with van der Waals surface area (Å²) in [6.45, 7) is 2.72. The fourth-order valence-corrected chi connectivity index (χ4v) is 4.28. The van der Waals surface area contributed by atoms with Crippen LogP contribution in [0.1, 0.15) is 29.6 Å². The van der Waals surface area contributed by atoms with Gasteiger partial charge in [0.25, 0.3) is 5.91 Å². The molecule has 2 saturated heterocycles. The minimum absolute atomic E-state index is 0.100. The molecule has 2 aromatic heterocycles. The molecule has 4 heterocycles. The van der Waals surface area contributed by atoms with E-state index in [4.69, 9.17) is 0 Å². The molecule has 6 heteroatoms. The lowest BCUT2D eigenvalue weighted by Gasteiger charge is -2.56. The maximum atomic E-state index is 12.5. The van der Waals surface area contributed by atoms with E-state index in [9.17, 15) is 4.79 Å². The Balaban J connectivity index is 1.44. The fourth-order valence-electron chi connectivity index (χ4n) is 3.51. The topological polar surface area (TPSA) is 49.3 Å². The lowest BCUT2D eigenvalue weighted by molar-refractivity contribution is 0.0613. The predicted octanol–water partition coefficient (Wildman–Crippen LogP) is 2.42. The first-order valence-electron chi connectivity index (χ1n) is 7.65. The number of amides is 1. The third-order valence-corrected chi connectivity index (χ3v) is 5.71. The first kappa shape index (κ1) is 13.7. The number of likely N-dealkylation sites (tertiary alicyclic amines) is 1. The molecule has 0 unspecified atom stereocenters. The average Bonchev–Trinajstić information content (AvgIpc) is 3.08. The maximum absolute atomic E-state index is 12.5. The Morgan fingerprint density at radius 1 is 1.18 bits per heavy atom. The summed E-state index contributed by atoms with van der Waals surface area (Å²) in [5.74, 6) is 0.100. The van der Waals surface area contributed by atoms with E-state index in [1.165, 1.54) is 6.42 Å². The summed E-state index contributed by atoms with van der Waals surface area (Å²) in [6, 6.07) is 3.65. The summed E-state index contributed by atoms with van der Waals surface area (Å²) in [4.78, 5) is 25.4. The highest BCUT2D eigenvalue weighted by molar-refractivity contribution is 7.13. The first-order valence-corrected chi connectivity index (χ1v) is 8.53. The van der Waals surface area contributed by atoms with Gasteiger partial charge in [-0.15, -0.1) is 11.3 Å². The van der Waals surface area contributed by atoms with E-state index in [2.05, 4.69) is 14.9 Å². The van der Waals surface area contributed by atoms with Crippen molar-refractivity contribution in [1.82, 2.24) is 14.9 Å².